The highest BCUT2D eigenvalue weighted by Crippen LogP contribution is 2.25. The molecule has 7 nitrogen and oxygen atoms in total. The normalized spacial score (nSPS) is 11.3. The van der Waals surface area contributed by atoms with Gasteiger partial charge in [-0.05, 0) is 48.0 Å². The third-order valence-electron chi connectivity index (χ3n) is 5.03. The van der Waals surface area contributed by atoms with Crippen molar-refractivity contribution in [1.82, 2.24) is 9.88 Å². The van der Waals surface area contributed by atoms with Crippen molar-refractivity contribution in [2.75, 3.05) is 11.3 Å². The summed E-state index contributed by atoms with van der Waals surface area (Å²) in [6, 6.07) is 18.0. The number of benzene rings is 3. The van der Waals surface area contributed by atoms with Crippen LogP contribution in [0.5, 0.6) is 0 Å². The van der Waals surface area contributed by atoms with Gasteiger partial charge in [0.15, 0.2) is 0 Å². The molecule has 4 rings (SSSR count). The van der Waals surface area contributed by atoms with Crippen LogP contribution in [0.25, 0.3) is 10.2 Å². The smallest absolute Gasteiger partial charge is 0.308 e. The van der Waals surface area contributed by atoms with Crippen LogP contribution >= 0.6 is 22.9 Å². The average Bonchev–Trinajstić information content (AvgIpc) is 3.13. The molecule has 10 heteroatoms. The van der Waals surface area contributed by atoms with Crippen molar-refractivity contribution < 1.29 is 13.2 Å². The molecule has 0 aliphatic heterocycles. The van der Waals surface area contributed by atoms with Crippen molar-refractivity contribution in [3.63, 3.8) is 0 Å². The molecule has 0 bridgehead atoms. The lowest BCUT2D eigenvalue weighted by molar-refractivity contribution is 0.0959. The van der Waals surface area contributed by atoms with Crippen LogP contribution in [0.15, 0.2) is 89.1 Å². The molecule has 0 spiro atoms. The van der Waals surface area contributed by atoms with Crippen LogP contribution in [0.2, 0.25) is 5.02 Å². The Morgan fingerprint density at radius 1 is 1.09 bits per heavy atom. The summed E-state index contributed by atoms with van der Waals surface area (Å²) in [6.45, 7) is 4.15. The van der Waals surface area contributed by atoms with Gasteiger partial charge in [-0.15, -0.1) is 6.58 Å². The molecular weight excluding hydrogens is 494 g/mol. The number of nitrogens with zero attached hydrogens (tertiary/aromatic N) is 1. The summed E-state index contributed by atoms with van der Waals surface area (Å²) in [5.41, 5.74) is 1.87. The van der Waals surface area contributed by atoms with Crippen molar-refractivity contribution in [2.24, 2.45) is 0 Å². The van der Waals surface area contributed by atoms with Crippen LogP contribution < -0.4 is 14.9 Å². The Morgan fingerprint density at radius 3 is 2.56 bits per heavy atom. The summed E-state index contributed by atoms with van der Waals surface area (Å²) in [7, 11) is -4.02. The third-order valence-corrected chi connectivity index (χ3v) is 7.58. The molecule has 0 atom stereocenters. The molecule has 1 aromatic heterocycles. The van der Waals surface area contributed by atoms with Crippen LogP contribution in [0, 0.1) is 0 Å². The quantitative estimate of drug-likeness (QED) is 0.339. The highest BCUT2D eigenvalue weighted by Gasteiger charge is 2.20. The standard InChI is InChI=1S/C24H20ClN3O4S2/c1-2-13-26-23(29)19-5-3-4-6-20(19)27-34(31,32)18-11-12-21-22(14-18)33-24(30)28(21)15-16-7-9-17(25)10-8-16/h2-12,14,27H,1,13,15H2,(H,26,29). The molecule has 1 heterocycles. The van der Waals surface area contributed by atoms with E-state index < -0.39 is 15.9 Å². The summed E-state index contributed by atoms with van der Waals surface area (Å²) in [4.78, 5) is 24.8. The number of para-hydroxylation sites is 1. The fraction of sp³-hybridized carbons (Fsp3) is 0.0833. The monoisotopic (exact) mass is 513 g/mol. The fourth-order valence-electron chi connectivity index (χ4n) is 3.37. The van der Waals surface area contributed by atoms with E-state index in [1.165, 1.54) is 30.3 Å². The molecule has 0 aliphatic carbocycles. The lowest BCUT2D eigenvalue weighted by atomic mass is 10.1. The van der Waals surface area contributed by atoms with E-state index in [4.69, 9.17) is 11.6 Å². The number of amides is 1. The maximum absolute atomic E-state index is 13.1. The Hall–Kier alpha value is -3.40. The second-order valence-electron chi connectivity index (χ2n) is 7.36. The molecule has 0 aliphatic rings. The van der Waals surface area contributed by atoms with Gasteiger partial charge in [-0.1, -0.05) is 53.3 Å². The zero-order valence-corrected chi connectivity index (χ0v) is 20.2. The van der Waals surface area contributed by atoms with Gasteiger partial charge in [0.2, 0.25) is 0 Å². The number of carbonyl (C=O) groups is 1. The van der Waals surface area contributed by atoms with E-state index in [1.54, 1.807) is 34.9 Å². The first kappa shape index (κ1) is 23.7. The molecule has 4 aromatic rings. The molecule has 0 saturated carbocycles. The maximum atomic E-state index is 13.1. The van der Waals surface area contributed by atoms with Gasteiger partial charge in [0.05, 0.1) is 32.9 Å². The van der Waals surface area contributed by atoms with Crippen LogP contribution in [0.4, 0.5) is 5.69 Å². The summed E-state index contributed by atoms with van der Waals surface area (Å²) >= 11 is 6.90. The van der Waals surface area contributed by atoms with E-state index in [2.05, 4.69) is 16.6 Å². The van der Waals surface area contributed by atoms with Crippen molar-refractivity contribution in [3.8, 4) is 0 Å². The summed E-state index contributed by atoms with van der Waals surface area (Å²) in [6.07, 6.45) is 1.53. The summed E-state index contributed by atoms with van der Waals surface area (Å²) in [5.74, 6) is -0.425. The lowest BCUT2D eigenvalue weighted by Gasteiger charge is -2.12. The van der Waals surface area contributed by atoms with E-state index >= 15 is 0 Å². The molecule has 34 heavy (non-hydrogen) atoms. The molecule has 0 saturated heterocycles. The fourth-order valence-corrected chi connectivity index (χ4v) is 5.61. The average molecular weight is 514 g/mol. The first-order valence-corrected chi connectivity index (χ1v) is 12.8. The molecule has 2 N–H and O–H groups in total. The second kappa shape index (κ2) is 9.84. The molecule has 3 aromatic carbocycles. The number of halogens is 1. The minimum atomic E-state index is -4.02. The van der Waals surface area contributed by atoms with Gasteiger partial charge in [-0.3, -0.25) is 18.9 Å². The maximum Gasteiger partial charge on any atom is 0.308 e. The molecule has 0 fully saturated rings. The zero-order valence-electron chi connectivity index (χ0n) is 17.8. The second-order valence-corrected chi connectivity index (χ2v) is 10.5. The number of sulfonamides is 1. The topological polar surface area (TPSA) is 97.3 Å². The van der Waals surface area contributed by atoms with E-state index in [0.717, 1.165) is 16.9 Å². The van der Waals surface area contributed by atoms with Crippen LogP contribution in [-0.2, 0) is 16.6 Å². The molecular formula is C24H20ClN3O4S2. The van der Waals surface area contributed by atoms with Gasteiger partial charge >= 0.3 is 4.87 Å². The number of hydrogen-bond acceptors (Lipinski definition) is 5. The largest absolute Gasteiger partial charge is 0.349 e. The van der Waals surface area contributed by atoms with Gasteiger partial charge in [0.1, 0.15) is 0 Å². The zero-order chi connectivity index (χ0) is 24.3. The first-order chi connectivity index (χ1) is 16.3. The highest BCUT2D eigenvalue weighted by atomic mass is 35.5. The number of fused-ring (bicyclic) bond motifs is 1. The Kier molecular flexibility index (Phi) is 6.87. The van der Waals surface area contributed by atoms with Gasteiger partial charge in [0.25, 0.3) is 15.9 Å². The van der Waals surface area contributed by atoms with Crippen molar-refractivity contribution in [3.05, 3.63) is 105 Å². The minimum Gasteiger partial charge on any atom is -0.349 e. The summed E-state index contributed by atoms with van der Waals surface area (Å²) in [5, 5.41) is 3.24. The Labute approximate surface area is 205 Å². The number of hydrogen-bond donors (Lipinski definition) is 2. The number of nitrogens with one attached hydrogen (secondary N) is 2. The minimum absolute atomic E-state index is 0.0128. The van der Waals surface area contributed by atoms with Gasteiger partial charge < -0.3 is 5.32 Å². The Bertz CT molecular complexity index is 1540. The highest BCUT2D eigenvalue weighted by molar-refractivity contribution is 7.92. The Balaban J connectivity index is 1.64. The van der Waals surface area contributed by atoms with Gasteiger partial charge in [-0.2, -0.15) is 0 Å². The predicted molar refractivity (Wildman–Crippen MR) is 136 cm³/mol. The van der Waals surface area contributed by atoms with Gasteiger partial charge in [0, 0.05) is 11.6 Å². The third kappa shape index (κ3) is 5.06. The SMILES string of the molecule is C=CCNC(=O)c1ccccc1NS(=O)(=O)c1ccc2c(c1)sc(=O)n2Cc1ccc(Cl)cc1. The van der Waals surface area contributed by atoms with Gasteiger partial charge in [-0.25, -0.2) is 8.42 Å². The number of thiazole rings is 1. The number of aromatic nitrogens is 1. The van der Waals surface area contributed by atoms with Crippen LogP contribution in [0.3, 0.4) is 0 Å². The molecule has 1 amide bonds. The van der Waals surface area contributed by atoms with Crippen molar-refractivity contribution >= 4 is 54.8 Å². The van der Waals surface area contributed by atoms with E-state index in [9.17, 15) is 18.0 Å². The molecule has 174 valence electrons. The van der Waals surface area contributed by atoms with Crippen LogP contribution in [-0.4, -0.2) is 25.4 Å². The molecule has 0 radical (unpaired) electrons. The van der Waals surface area contributed by atoms with Crippen molar-refractivity contribution in [1.29, 1.82) is 0 Å². The van der Waals surface area contributed by atoms with E-state index in [-0.39, 0.29) is 27.6 Å². The van der Waals surface area contributed by atoms with Crippen LogP contribution in [0.1, 0.15) is 15.9 Å². The number of carbonyl (C=O) groups excluding carboxylic acids is 1. The summed E-state index contributed by atoms with van der Waals surface area (Å²) < 4.78 is 30.8. The van der Waals surface area contributed by atoms with Crippen molar-refractivity contribution in [2.45, 2.75) is 11.4 Å². The predicted octanol–water partition coefficient (Wildman–Crippen LogP) is 4.48. The Morgan fingerprint density at radius 2 is 1.82 bits per heavy atom. The number of anilines is 1. The first-order valence-electron chi connectivity index (χ1n) is 10.2. The lowest BCUT2D eigenvalue weighted by Crippen LogP contribution is -2.25. The number of rotatable bonds is 8. The molecule has 0 unspecified atom stereocenters. The van der Waals surface area contributed by atoms with E-state index in [1.807, 2.05) is 12.1 Å². The van der Waals surface area contributed by atoms with E-state index in [0.29, 0.717) is 21.8 Å².